The number of hydrogen-bond donors (Lipinski definition) is 1. The Balaban J connectivity index is 1.63. The number of carbonyl (C=O) groups is 1. The number of pyridine rings is 2. The lowest BCUT2D eigenvalue weighted by atomic mass is 10.0. The number of hydrazone groups is 1. The lowest BCUT2D eigenvalue weighted by molar-refractivity contribution is -0.330. The van der Waals surface area contributed by atoms with Crippen LogP contribution in [0.3, 0.4) is 0 Å². The highest BCUT2D eigenvalue weighted by Crippen LogP contribution is 2.28. The maximum absolute atomic E-state index is 13.5. The van der Waals surface area contributed by atoms with Crippen molar-refractivity contribution >= 4 is 23.2 Å². The molecule has 1 amide bonds. The minimum Gasteiger partial charge on any atom is -0.466 e. The molecule has 12 nitrogen and oxygen atoms in total. The molecule has 16 heteroatoms. The van der Waals surface area contributed by atoms with Gasteiger partial charge in [-0.2, -0.15) is 10.4 Å². The summed E-state index contributed by atoms with van der Waals surface area (Å²) < 4.78 is 69.2. The smallest absolute Gasteiger partial charge is 0.466 e. The van der Waals surface area contributed by atoms with Crippen molar-refractivity contribution in [3.8, 4) is 11.9 Å². The molecule has 1 saturated heterocycles. The van der Waals surface area contributed by atoms with Crippen molar-refractivity contribution in [3.63, 3.8) is 0 Å². The zero-order chi connectivity index (χ0) is 32.9. The monoisotopic (exact) mass is 632 g/mol. The van der Waals surface area contributed by atoms with Crippen molar-refractivity contribution in [2.45, 2.75) is 64.6 Å². The number of hydrogen-bond acceptors (Lipinski definition) is 10. The Labute approximate surface area is 256 Å². The zero-order valence-corrected chi connectivity index (χ0v) is 25.0. The Kier molecular flexibility index (Phi) is 9.91. The lowest BCUT2D eigenvalue weighted by Gasteiger charge is -2.32. The largest absolute Gasteiger partial charge is 0.522 e. The van der Waals surface area contributed by atoms with Crippen LogP contribution in [0.1, 0.15) is 63.6 Å². The van der Waals surface area contributed by atoms with Gasteiger partial charge >= 0.3 is 12.5 Å². The molecule has 0 saturated carbocycles. The molecule has 4 rings (SSSR count). The van der Waals surface area contributed by atoms with E-state index >= 15 is 0 Å². The first-order valence-corrected chi connectivity index (χ1v) is 13.9. The third kappa shape index (κ3) is 8.66. The van der Waals surface area contributed by atoms with E-state index < -0.39 is 36.6 Å². The minimum atomic E-state index is -4.98. The van der Waals surface area contributed by atoms with Gasteiger partial charge in [0.15, 0.2) is 6.10 Å². The van der Waals surface area contributed by atoms with Gasteiger partial charge in [-0.15, -0.1) is 13.2 Å². The number of carbonyl (C=O) groups excluding carboxylic acids is 1. The summed E-state index contributed by atoms with van der Waals surface area (Å²) in [4.78, 5) is 26.9. The molecule has 4 heterocycles. The third-order valence-electron chi connectivity index (χ3n) is 6.67. The second-order valence-electron chi connectivity index (χ2n) is 11.2. The van der Waals surface area contributed by atoms with Gasteiger partial charge in [0.25, 0.3) is 0 Å². The molecule has 0 bridgehead atoms. The molecule has 0 aromatic carbocycles. The van der Waals surface area contributed by atoms with Crippen LogP contribution in [0.2, 0.25) is 0 Å². The normalized spacial score (nSPS) is 16.0. The fourth-order valence-corrected chi connectivity index (χ4v) is 4.67. The number of rotatable bonds is 8. The van der Waals surface area contributed by atoms with E-state index in [4.69, 9.17) is 20.3 Å². The van der Waals surface area contributed by atoms with Crippen molar-refractivity contribution in [3.05, 3.63) is 59.4 Å². The number of aliphatic imine (C=N–C) groups is 1. The molecule has 3 aromatic heterocycles. The number of alkyl halides is 3. The van der Waals surface area contributed by atoms with E-state index in [0.717, 1.165) is 18.3 Å². The molecule has 1 aliphatic rings. The summed E-state index contributed by atoms with van der Waals surface area (Å²) in [5, 5.41) is 13.6. The molecule has 1 aliphatic heterocycles. The van der Waals surface area contributed by atoms with Crippen molar-refractivity contribution in [1.29, 1.82) is 5.26 Å². The summed E-state index contributed by atoms with van der Waals surface area (Å²) in [5.74, 6) is 4.99. The van der Waals surface area contributed by atoms with Crippen LogP contribution in [0.4, 0.5) is 22.4 Å². The van der Waals surface area contributed by atoms with Gasteiger partial charge in [0.05, 0.1) is 36.4 Å². The van der Waals surface area contributed by atoms with E-state index in [0.29, 0.717) is 37.2 Å². The van der Waals surface area contributed by atoms with Gasteiger partial charge in [-0.3, -0.25) is 19.1 Å². The molecule has 45 heavy (non-hydrogen) atoms. The molecule has 2 N–H and O–H groups in total. The number of nitrogens with zero attached hydrogens (tertiary/aromatic N) is 7. The molecule has 3 aromatic rings. The van der Waals surface area contributed by atoms with Crippen molar-refractivity contribution in [2.24, 2.45) is 15.9 Å². The predicted octanol–water partition coefficient (Wildman–Crippen LogP) is 4.92. The number of fused-ring (bicyclic) bond motifs is 1. The molecule has 0 spiro atoms. The van der Waals surface area contributed by atoms with Crippen LogP contribution in [0.25, 0.3) is 5.65 Å². The van der Waals surface area contributed by atoms with E-state index in [1.807, 2.05) is 6.07 Å². The standard InChI is InChI=1S/C29H32F4N8O4/c1-17(38-20-7-9-40(10-8-20)27(42)45-28(2,3)4)26(39-35)18-11-24-37-15-21(13-34)41(24)25(12-18)44-23(16-43-29(31,32)33)22-6-5-19(30)14-36-22/h5-6,11-12,14-15,20,23H,7-10,16,35H2,1-4H3/b38-17?,39-26+. The van der Waals surface area contributed by atoms with Crippen molar-refractivity contribution < 1.29 is 36.6 Å². The number of halogens is 4. The van der Waals surface area contributed by atoms with Gasteiger partial charge in [-0.05, 0) is 58.7 Å². The summed E-state index contributed by atoms with van der Waals surface area (Å²) in [6.45, 7) is 6.96. The Bertz CT molecular complexity index is 1620. The van der Waals surface area contributed by atoms with Crippen LogP contribution in [0, 0.1) is 17.1 Å². The van der Waals surface area contributed by atoms with Crippen LogP contribution in [0.15, 0.2) is 46.8 Å². The summed E-state index contributed by atoms with van der Waals surface area (Å²) in [5.41, 5.74) is 0.617. The summed E-state index contributed by atoms with van der Waals surface area (Å²) in [6.07, 6.45) is -3.61. The SMILES string of the molecule is CC(=NC1CCN(C(=O)OC(C)(C)C)CC1)/C(=N\N)c1cc(OC(COC(F)(F)F)c2ccc(F)cn2)n2c(C#N)cnc2c1. The molecule has 0 radical (unpaired) electrons. The number of amides is 1. The zero-order valence-electron chi connectivity index (χ0n) is 25.0. The van der Waals surface area contributed by atoms with Crippen LogP contribution in [0.5, 0.6) is 5.88 Å². The summed E-state index contributed by atoms with van der Waals surface area (Å²) in [6, 6.07) is 6.99. The Morgan fingerprint density at radius 3 is 2.47 bits per heavy atom. The summed E-state index contributed by atoms with van der Waals surface area (Å²) in [7, 11) is 0. The van der Waals surface area contributed by atoms with Gasteiger partial charge in [0.2, 0.25) is 5.88 Å². The Morgan fingerprint density at radius 1 is 1.18 bits per heavy atom. The highest BCUT2D eigenvalue weighted by Gasteiger charge is 2.32. The van der Waals surface area contributed by atoms with E-state index in [1.165, 1.54) is 16.7 Å². The van der Waals surface area contributed by atoms with Gasteiger partial charge in [-0.25, -0.2) is 14.2 Å². The number of imidazole rings is 1. The lowest BCUT2D eigenvalue weighted by Crippen LogP contribution is -2.42. The van der Waals surface area contributed by atoms with Gasteiger partial charge in [0.1, 0.15) is 34.5 Å². The van der Waals surface area contributed by atoms with E-state index in [2.05, 4.69) is 19.8 Å². The average Bonchev–Trinajstić information content (AvgIpc) is 3.38. The second kappa shape index (κ2) is 13.5. The maximum atomic E-state index is 13.5. The van der Waals surface area contributed by atoms with Gasteiger partial charge < -0.3 is 20.2 Å². The fraction of sp³-hybridized carbons (Fsp3) is 0.448. The Hall–Kier alpha value is -4.78. The number of ether oxygens (including phenoxy) is 3. The highest BCUT2D eigenvalue weighted by atomic mass is 19.4. The van der Waals surface area contributed by atoms with Gasteiger partial charge in [-0.1, -0.05) is 0 Å². The number of nitrogens with two attached hydrogens (primary N) is 1. The molecule has 240 valence electrons. The quantitative estimate of drug-likeness (QED) is 0.159. The van der Waals surface area contributed by atoms with E-state index in [1.54, 1.807) is 38.7 Å². The minimum absolute atomic E-state index is 0.0301. The highest BCUT2D eigenvalue weighted by molar-refractivity contribution is 6.47. The number of aromatic nitrogens is 3. The fourth-order valence-electron chi connectivity index (χ4n) is 4.67. The van der Waals surface area contributed by atoms with Crippen molar-refractivity contribution in [2.75, 3.05) is 19.7 Å². The number of piperidine rings is 1. The molecular weight excluding hydrogens is 600 g/mol. The molecule has 0 aliphatic carbocycles. The van der Waals surface area contributed by atoms with E-state index in [9.17, 15) is 27.6 Å². The topological polar surface area (TPSA) is 153 Å². The van der Waals surface area contributed by atoms with E-state index in [-0.39, 0.29) is 34.7 Å². The van der Waals surface area contributed by atoms with Crippen LogP contribution >= 0.6 is 0 Å². The predicted molar refractivity (Wildman–Crippen MR) is 154 cm³/mol. The van der Waals surface area contributed by atoms with Crippen LogP contribution in [-0.4, -0.2) is 74.5 Å². The Morgan fingerprint density at radius 2 is 1.89 bits per heavy atom. The van der Waals surface area contributed by atoms with Crippen LogP contribution < -0.4 is 10.6 Å². The average molecular weight is 633 g/mol. The first kappa shape index (κ1) is 33.1. The number of nitriles is 1. The summed E-state index contributed by atoms with van der Waals surface area (Å²) >= 11 is 0. The first-order chi connectivity index (χ1) is 21.2. The maximum Gasteiger partial charge on any atom is 0.522 e. The molecular formula is C29H32F4N8O4. The third-order valence-corrected chi connectivity index (χ3v) is 6.67. The number of likely N-dealkylation sites (tertiary alicyclic amines) is 1. The first-order valence-electron chi connectivity index (χ1n) is 13.9. The molecule has 1 fully saturated rings. The van der Waals surface area contributed by atoms with Gasteiger partial charge in [0, 0.05) is 24.7 Å². The second-order valence-corrected chi connectivity index (χ2v) is 11.2. The molecule has 1 unspecified atom stereocenters. The molecule has 1 atom stereocenters. The van der Waals surface area contributed by atoms with Crippen LogP contribution in [-0.2, 0) is 9.47 Å². The van der Waals surface area contributed by atoms with Crippen molar-refractivity contribution in [1.82, 2.24) is 19.3 Å².